The van der Waals surface area contributed by atoms with E-state index in [1.165, 1.54) is 4.90 Å². The van der Waals surface area contributed by atoms with E-state index in [0.29, 0.717) is 6.42 Å². The second kappa shape index (κ2) is 32.2. The largest absolute Gasteiger partial charge is 3.00 e. The molecular formula is C45H59GdN5O16-. The van der Waals surface area contributed by atoms with Crippen molar-refractivity contribution in [2.75, 3.05) is 79.1 Å². The van der Waals surface area contributed by atoms with E-state index >= 15 is 0 Å². The fraction of sp³-hybridized carbons (Fsp3) is 0.467. The molecule has 0 heterocycles. The molecule has 0 aliphatic rings. The van der Waals surface area contributed by atoms with E-state index in [1.807, 2.05) is 91.0 Å². The fourth-order valence-electron chi connectivity index (χ4n) is 7.27. The topological polar surface area (TPSA) is 357 Å². The number of hydrogen-bond acceptors (Lipinski definition) is 19. The Bertz CT molecular complexity index is 1770. The molecule has 1 radical (unpaired) electrons. The molecule has 0 aliphatic carbocycles. The molecule has 0 fully saturated rings. The van der Waals surface area contributed by atoms with Gasteiger partial charge in [-0.3, -0.25) is 19.5 Å². The molecular weight excluding hydrogens is 1020 g/mol. The van der Waals surface area contributed by atoms with Gasteiger partial charge in [0.25, 0.3) is 0 Å². The first-order valence-electron chi connectivity index (χ1n) is 21.1. The molecule has 1 unspecified atom stereocenters. The number of carboxylic acids is 5. The molecule has 0 saturated heterocycles. The molecule has 3 aromatic carbocycles. The van der Waals surface area contributed by atoms with Crippen LogP contribution in [0, 0.1) is 39.9 Å². The van der Waals surface area contributed by atoms with Gasteiger partial charge in [-0.1, -0.05) is 91.0 Å². The predicted molar refractivity (Wildman–Crippen MR) is 223 cm³/mol. The average Bonchev–Trinajstić information content (AvgIpc) is 3.27. The zero-order chi connectivity index (χ0) is 49.2. The molecule has 67 heavy (non-hydrogen) atoms. The van der Waals surface area contributed by atoms with Gasteiger partial charge in [0.2, 0.25) is 5.91 Å². The van der Waals surface area contributed by atoms with Crippen molar-refractivity contribution in [1.29, 1.82) is 0 Å². The van der Waals surface area contributed by atoms with Gasteiger partial charge in [0.1, 0.15) is 36.4 Å². The van der Waals surface area contributed by atoms with Crippen molar-refractivity contribution in [1.82, 2.24) is 20.0 Å². The summed E-state index contributed by atoms with van der Waals surface area (Å²) in [6.07, 6.45) is -5.00. The number of carbonyl (C=O) groups is 6. The maximum atomic E-state index is 14.4. The van der Waals surface area contributed by atoms with Crippen molar-refractivity contribution in [3.05, 3.63) is 108 Å². The first-order valence-corrected chi connectivity index (χ1v) is 21.1. The van der Waals surface area contributed by atoms with Crippen LogP contribution in [0.4, 0.5) is 0 Å². The van der Waals surface area contributed by atoms with Crippen LogP contribution >= 0.6 is 0 Å². The van der Waals surface area contributed by atoms with E-state index in [1.54, 1.807) is 12.4 Å². The minimum atomic E-state index is -1.58. The second-order valence-corrected chi connectivity index (χ2v) is 15.3. The van der Waals surface area contributed by atoms with E-state index in [9.17, 15) is 64.5 Å². The molecule has 0 bridgehead atoms. The number of aliphatic hydroxyl groups excluding tert-OH is 5. The number of carbonyl (C=O) groups excluding carboxylic acids is 6. The van der Waals surface area contributed by atoms with E-state index in [2.05, 4.69) is 5.32 Å². The van der Waals surface area contributed by atoms with Crippen LogP contribution in [-0.4, -0.2) is 186 Å². The summed E-state index contributed by atoms with van der Waals surface area (Å²) in [5.74, 6) is -8.16. The first kappa shape index (κ1) is 60.5. The Morgan fingerprint density at radius 3 is 1.30 bits per heavy atom. The molecule has 3 rings (SSSR count). The standard InChI is InChI=1S/C38H46N4O11.C7H17NO5.Gd/c43-32(44)24-40(25-33(45)46)20-22-42(23-21-41(26-34(47)48)27-35(49)50)31(36(51)52)18-10-11-19-39-37(53)38(28-12-4-1-5-13-28,29-14-6-2-7-15-29)30-16-8-3-9-17-30;1-8-2-4(10)6(12)7(13)5(11)3-9;/h1-9,12-17,31H,10-11,18-27H2,(H,39,53)(H,43,44)(H,45,46)(H,47,48)(H,49,50)(H,51,52);4-13H,2-3H2,1H3;/q;;+3/p-4/t;4-,5+,6+,7+;/m.0./s1. The number of amides is 1. The zero-order valence-electron chi connectivity index (χ0n) is 36.9. The maximum absolute atomic E-state index is 14.4. The number of carboxylic acid groups (broad SMARTS) is 5. The van der Waals surface area contributed by atoms with E-state index < -0.39 is 98.5 Å². The molecule has 1 amide bonds. The van der Waals surface area contributed by atoms with Crippen molar-refractivity contribution < 1.29 is 125 Å². The number of rotatable bonds is 31. The molecule has 0 saturated carbocycles. The van der Waals surface area contributed by atoms with Gasteiger partial charge in [-0.15, -0.1) is 0 Å². The molecule has 0 aromatic heterocycles. The van der Waals surface area contributed by atoms with Gasteiger partial charge >= 0.3 is 39.9 Å². The summed E-state index contributed by atoms with van der Waals surface area (Å²) >= 11 is 0. The summed E-state index contributed by atoms with van der Waals surface area (Å²) in [7, 11) is 1.70. The number of nitrogens with two attached hydrogens (primary N) is 1. The Hall–Kier alpha value is -4.56. The van der Waals surface area contributed by atoms with E-state index in [0.717, 1.165) is 26.5 Å². The number of hydrogen-bond donors (Lipinski definition) is 7. The van der Waals surface area contributed by atoms with Crippen molar-refractivity contribution in [3.63, 3.8) is 0 Å². The quantitative estimate of drug-likeness (QED) is 0.0232. The molecule has 369 valence electrons. The zero-order valence-corrected chi connectivity index (χ0v) is 39.2. The number of aliphatic carboxylic acids is 5. The van der Waals surface area contributed by atoms with Crippen molar-refractivity contribution in [2.45, 2.75) is 55.1 Å². The average molecular weight is 1080 g/mol. The Labute approximate surface area is 420 Å². The van der Waals surface area contributed by atoms with E-state index in [4.69, 9.17) is 15.3 Å². The number of nitrogens with one attached hydrogen (secondary N) is 1. The van der Waals surface area contributed by atoms with Gasteiger partial charge in [-0.25, -0.2) is 0 Å². The SMILES string of the molecule is C[NH2+]C[C@H](O)[C@@H](O)[C@H](O)[C@H](O)CO.O=C([O-])CN(CCN(CCN(CC(=O)[O-])CC(=O)[O-])C(CCCCNC(=O)C(c1ccccc1)(c1ccccc1)c1ccccc1)C(=O)[O-])CC(=O)[O-].[Gd+3]. The summed E-state index contributed by atoms with van der Waals surface area (Å²) in [5.41, 5.74) is 0.987. The second-order valence-electron chi connectivity index (χ2n) is 15.3. The van der Waals surface area contributed by atoms with Crippen LogP contribution in [0.25, 0.3) is 0 Å². The fourth-order valence-corrected chi connectivity index (χ4v) is 7.27. The predicted octanol–water partition coefficient (Wildman–Crippen LogP) is -9.05. The van der Waals surface area contributed by atoms with Gasteiger partial charge in [0.15, 0.2) is 0 Å². The van der Waals surface area contributed by atoms with Crippen molar-refractivity contribution >= 4 is 35.8 Å². The van der Waals surface area contributed by atoms with Gasteiger partial charge < -0.3 is 85.7 Å². The number of likely N-dealkylation sites (N-methyl/N-ethyl adjacent to an activating group) is 1. The van der Waals surface area contributed by atoms with Gasteiger partial charge in [-0.05, 0) is 36.0 Å². The number of aliphatic hydroxyl groups is 5. The third kappa shape index (κ3) is 20.7. The normalized spacial score (nSPS) is 13.6. The van der Waals surface area contributed by atoms with Gasteiger partial charge in [0.05, 0.1) is 43.5 Å². The van der Waals surface area contributed by atoms with Crippen LogP contribution in [0.3, 0.4) is 0 Å². The van der Waals surface area contributed by atoms with Crippen molar-refractivity contribution in [2.24, 2.45) is 0 Å². The number of quaternary nitrogens is 1. The minimum absolute atomic E-state index is 0. The molecule has 22 heteroatoms. The first-order chi connectivity index (χ1) is 31.4. The molecule has 21 nitrogen and oxygen atoms in total. The van der Waals surface area contributed by atoms with Gasteiger partial charge in [0, 0.05) is 64.9 Å². The van der Waals surface area contributed by atoms with E-state index in [-0.39, 0.29) is 98.0 Å². The molecule has 0 aliphatic heterocycles. The Morgan fingerprint density at radius 1 is 0.597 bits per heavy atom. The van der Waals surface area contributed by atoms with Crippen LogP contribution < -0.4 is 36.2 Å². The summed E-state index contributed by atoms with van der Waals surface area (Å²) in [5, 5.41) is 107. The summed E-state index contributed by atoms with van der Waals surface area (Å²) in [6, 6.07) is 26.6. The number of benzene rings is 3. The van der Waals surface area contributed by atoms with Crippen LogP contribution in [0.5, 0.6) is 0 Å². The number of unbranched alkanes of at least 4 members (excludes halogenated alkanes) is 1. The smallest absolute Gasteiger partial charge is 0.549 e. The van der Waals surface area contributed by atoms with Gasteiger partial charge in [-0.2, -0.15) is 0 Å². The Morgan fingerprint density at radius 2 is 0.970 bits per heavy atom. The van der Waals surface area contributed by atoms with Crippen LogP contribution in [-0.2, 0) is 34.2 Å². The Balaban J connectivity index is 0.00000139. The molecule has 0 spiro atoms. The number of nitrogens with zero attached hydrogens (tertiary/aromatic N) is 3. The maximum Gasteiger partial charge on any atom is 3.00 e. The third-order valence-electron chi connectivity index (χ3n) is 10.5. The minimum Gasteiger partial charge on any atom is -0.549 e. The van der Waals surface area contributed by atoms with Crippen LogP contribution in [0.2, 0.25) is 0 Å². The Kier molecular flexibility index (Phi) is 29.1. The van der Waals surface area contributed by atoms with Crippen molar-refractivity contribution in [3.8, 4) is 0 Å². The third-order valence-corrected chi connectivity index (χ3v) is 10.5. The molecule has 8 N–H and O–H groups in total. The molecule has 3 aromatic rings. The van der Waals surface area contributed by atoms with Crippen LogP contribution in [0.1, 0.15) is 36.0 Å². The summed E-state index contributed by atoms with van der Waals surface area (Å²) < 4.78 is 0. The summed E-state index contributed by atoms with van der Waals surface area (Å²) in [4.78, 5) is 74.9. The summed E-state index contributed by atoms with van der Waals surface area (Å²) in [6.45, 7) is -4.47. The monoisotopic (exact) mass is 1080 g/mol. The molecule has 5 atom stereocenters. The van der Waals surface area contributed by atoms with Crippen LogP contribution in [0.15, 0.2) is 91.0 Å².